The van der Waals surface area contributed by atoms with Gasteiger partial charge in [-0.15, -0.1) is 0 Å². The van der Waals surface area contributed by atoms with Crippen LogP contribution in [-0.4, -0.2) is 44.6 Å². The smallest absolute Gasteiger partial charge is 0.414 e. The highest BCUT2D eigenvalue weighted by Gasteiger charge is 2.35. The van der Waals surface area contributed by atoms with E-state index in [9.17, 15) is 18.0 Å². The molecule has 200 valence electrons. The number of amides is 2. The molecular formula is C28H37N3O5S. The normalized spacial score (nSPS) is 18.9. The highest BCUT2D eigenvalue weighted by atomic mass is 32.2. The largest absolute Gasteiger partial charge is 0.446 e. The highest BCUT2D eigenvalue weighted by molar-refractivity contribution is 7.89. The Morgan fingerprint density at radius 1 is 0.946 bits per heavy atom. The second kappa shape index (κ2) is 10.5. The minimum Gasteiger partial charge on any atom is -0.446 e. The first kappa shape index (κ1) is 27.1. The fourth-order valence-corrected chi connectivity index (χ4v) is 6.55. The number of carbonyl (C=O) groups excluding carboxylic acids is 2. The zero-order valence-corrected chi connectivity index (χ0v) is 23.1. The van der Waals surface area contributed by atoms with Crippen molar-refractivity contribution in [2.24, 2.45) is 0 Å². The van der Waals surface area contributed by atoms with E-state index in [-0.39, 0.29) is 22.9 Å². The lowest BCUT2D eigenvalue weighted by Crippen LogP contribution is -2.52. The Labute approximate surface area is 220 Å². The van der Waals surface area contributed by atoms with Gasteiger partial charge in [-0.25, -0.2) is 17.9 Å². The molecule has 37 heavy (non-hydrogen) atoms. The Balaban J connectivity index is 1.67. The molecule has 0 saturated heterocycles. The number of hydrogen-bond acceptors (Lipinski definition) is 5. The lowest BCUT2D eigenvalue weighted by Gasteiger charge is -2.41. The van der Waals surface area contributed by atoms with E-state index in [0.29, 0.717) is 17.9 Å². The first-order valence-electron chi connectivity index (χ1n) is 12.9. The Morgan fingerprint density at radius 3 is 2.16 bits per heavy atom. The average molecular weight is 528 g/mol. The van der Waals surface area contributed by atoms with Gasteiger partial charge < -0.3 is 9.64 Å². The molecule has 0 radical (unpaired) electrons. The molecule has 8 nitrogen and oxygen atoms in total. The van der Waals surface area contributed by atoms with Crippen molar-refractivity contribution in [3.8, 4) is 11.1 Å². The van der Waals surface area contributed by atoms with Crippen molar-refractivity contribution < 1.29 is 22.7 Å². The fraction of sp³-hybridized carbons (Fsp3) is 0.500. The van der Waals surface area contributed by atoms with Crippen molar-refractivity contribution >= 4 is 33.4 Å². The van der Waals surface area contributed by atoms with Crippen LogP contribution in [0.4, 0.5) is 16.2 Å². The van der Waals surface area contributed by atoms with Crippen molar-refractivity contribution in [2.75, 3.05) is 16.3 Å². The van der Waals surface area contributed by atoms with E-state index in [0.717, 1.165) is 36.8 Å². The third-order valence-electron chi connectivity index (χ3n) is 6.73. The van der Waals surface area contributed by atoms with Crippen LogP contribution in [0.1, 0.15) is 66.7 Å². The summed E-state index contributed by atoms with van der Waals surface area (Å²) in [6.45, 7) is 9.16. The van der Waals surface area contributed by atoms with Gasteiger partial charge >= 0.3 is 6.09 Å². The van der Waals surface area contributed by atoms with E-state index in [1.54, 1.807) is 54.8 Å². The predicted molar refractivity (Wildman–Crippen MR) is 145 cm³/mol. The topological polar surface area (TPSA) is 96.0 Å². The third kappa shape index (κ3) is 6.15. The maximum Gasteiger partial charge on any atom is 0.414 e. The Morgan fingerprint density at radius 2 is 1.57 bits per heavy atom. The van der Waals surface area contributed by atoms with E-state index in [1.165, 1.54) is 13.3 Å². The minimum absolute atomic E-state index is 0.0785. The van der Waals surface area contributed by atoms with Gasteiger partial charge in [-0.1, -0.05) is 24.6 Å². The molecule has 1 atom stereocenters. The van der Waals surface area contributed by atoms with Gasteiger partial charge in [0.15, 0.2) is 0 Å². The van der Waals surface area contributed by atoms with E-state index in [2.05, 4.69) is 4.72 Å². The standard InChI is InChI=1S/C28H37N3O5S/c1-19-18-30(27(33)36-23-9-7-6-8-10-23)26-17-22(13-16-25(26)31(19)20(2)32)21-11-14-24(15-12-21)37(34,35)29-28(3,4)5/h11-17,19,23,29H,6-10,18H2,1-5H3/t19-/m0/s1. The van der Waals surface area contributed by atoms with Crippen LogP contribution in [0.25, 0.3) is 11.1 Å². The summed E-state index contributed by atoms with van der Waals surface area (Å²) in [6.07, 6.45) is 4.57. The van der Waals surface area contributed by atoms with Crippen LogP contribution < -0.4 is 14.5 Å². The third-order valence-corrected chi connectivity index (χ3v) is 8.51. The summed E-state index contributed by atoms with van der Waals surface area (Å²) < 4.78 is 33.9. The maximum absolute atomic E-state index is 13.3. The molecule has 2 amide bonds. The van der Waals surface area contributed by atoms with Crippen LogP contribution in [0.15, 0.2) is 47.4 Å². The van der Waals surface area contributed by atoms with E-state index >= 15 is 0 Å². The van der Waals surface area contributed by atoms with Gasteiger partial charge in [0.2, 0.25) is 15.9 Å². The van der Waals surface area contributed by atoms with E-state index in [4.69, 9.17) is 4.74 Å². The lowest BCUT2D eigenvalue weighted by atomic mass is 9.98. The van der Waals surface area contributed by atoms with Crippen molar-refractivity contribution in [1.82, 2.24) is 4.72 Å². The minimum atomic E-state index is -3.65. The van der Waals surface area contributed by atoms with Crippen LogP contribution in [0.5, 0.6) is 0 Å². The molecule has 0 aromatic heterocycles. The molecule has 1 aliphatic heterocycles. The Kier molecular flexibility index (Phi) is 7.67. The Hall–Kier alpha value is -2.91. The first-order valence-corrected chi connectivity index (χ1v) is 14.4. The molecule has 0 bridgehead atoms. The molecule has 1 fully saturated rings. The highest BCUT2D eigenvalue weighted by Crippen LogP contribution is 2.39. The second-order valence-corrected chi connectivity index (χ2v) is 12.8. The number of nitrogens with one attached hydrogen (secondary N) is 1. The molecule has 2 aliphatic rings. The van der Waals surface area contributed by atoms with Crippen LogP contribution >= 0.6 is 0 Å². The number of fused-ring (bicyclic) bond motifs is 1. The van der Waals surface area contributed by atoms with Crippen molar-refractivity contribution in [3.05, 3.63) is 42.5 Å². The quantitative estimate of drug-likeness (QED) is 0.570. The van der Waals surface area contributed by atoms with Gasteiger partial charge in [-0.05, 0) is 88.8 Å². The van der Waals surface area contributed by atoms with Gasteiger partial charge in [0.1, 0.15) is 6.10 Å². The Bertz CT molecular complexity index is 1260. The summed E-state index contributed by atoms with van der Waals surface area (Å²) in [5, 5.41) is 0. The molecule has 4 rings (SSSR count). The zero-order valence-electron chi connectivity index (χ0n) is 22.3. The molecule has 1 N–H and O–H groups in total. The fourth-order valence-electron chi connectivity index (χ4n) is 5.14. The second-order valence-electron chi connectivity index (χ2n) is 11.1. The van der Waals surface area contributed by atoms with Crippen LogP contribution in [0.2, 0.25) is 0 Å². The van der Waals surface area contributed by atoms with E-state index < -0.39 is 21.7 Å². The molecule has 0 spiro atoms. The molecule has 2 aromatic carbocycles. The van der Waals surface area contributed by atoms with Gasteiger partial charge in [0.05, 0.1) is 22.3 Å². The van der Waals surface area contributed by atoms with Gasteiger partial charge in [0, 0.05) is 19.0 Å². The molecule has 1 heterocycles. The van der Waals surface area contributed by atoms with Crippen molar-refractivity contribution in [3.63, 3.8) is 0 Å². The summed E-state index contributed by atoms with van der Waals surface area (Å²) in [5.74, 6) is -0.0947. The van der Waals surface area contributed by atoms with E-state index in [1.807, 2.05) is 25.1 Å². The number of hydrogen-bond donors (Lipinski definition) is 1. The van der Waals surface area contributed by atoms with Gasteiger partial charge in [-0.2, -0.15) is 0 Å². The summed E-state index contributed by atoms with van der Waals surface area (Å²) in [4.78, 5) is 29.3. The molecule has 2 aromatic rings. The predicted octanol–water partition coefficient (Wildman–Crippen LogP) is 5.46. The number of carbonyl (C=O) groups is 2. The summed E-state index contributed by atoms with van der Waals surface area (Å²) in [6, 6.07) is 12.0. The van der Waals surface area contributed by atoms with Gasteiger partial charge in [0.25, 0.3) is 0 Å². The SMILES string of the molecule is CC(=O)N1c2ccc(-c3ccc(S(=O)(=O)NC(C)(C)C)cc3)cc2N(C(=O)OC2CCCCC2)C[C@@H]1C. The number of benzene rings is 2. The molecule has 1 saturated carbocycles. The van der Waals surface area contributed by atoms with Crippen molar-refractivity contribution in [2.45, 2.75) is 89.3 Å². The summed E-state index contributed by atoms with van der Waals surface area (Å²) in [7, 11) is -3.65. The number of anilines is 2. The zero-order chi connectivity index (χ0) is 27.0. The summed E-state index contributed by atoms with van der Waals surface area (Å²) >= 11 is 0. The maximum atomic E-state index is 13.3. The average Bonchev–Trinajstić information content (AvgIpc) is 2.82. The number of ether oxygens (including phenoxy) is 1. The molecular weight excluding hydrogens is 490 g/mol. The monoisotopic (exact) mass is 527 g/mol. The van der Waals surface area contributed by atoms with Gasteiger partial charge in [-0.3, -0.25) is 9.69 Å². The van der Waals surface area contributed by atoms with Crippen molar-refractivity contribution in [1.29, 1.82) is 0 Å². The van der Waals surface area contributed by atoms with Crippen LogP contribution in [0, 0.1) is 0 Å². The first-order chi connectivity index (χ1) is 17.4. The molecule has 0 unspecified atom stereocenters. The van der Waals surface area contributed by atoms with Crippen LogP contribution in [-0.2, 0) is 19.6 Å². The molecule has 9 heteroatoms. The number of rotatable bonds is 4. The molecule has 1 aliphatic carbocycles. The number of sulfonamides is 1. The summed E-state index contributed by atoms with van der Waals surface area (Å²) in [5.41, 5.74) is 2.28. The number of nitrogens with zero attached hydrogens (tertiary/aromatic N) is 2. The lowest BCUT2D eigenvalue weighted by molar-refractivity contribution is -0.117. The van der Waals surface area contributed by atoms with Crippen LogP contribution in [0.3, 0.4) is 0 Å².